The molecule has 2 rings (SSSR count). The second-order valence-corrected chi connectivity index (χ2v) is 8.03. The second-order valence-electron chi connectivity index (χ2n) is 8.03. The molecule has 1 saturated heterocycles. The van der Waals surface area contributed by atoms with Crippen LogP contribution in [0.5, 0.6) is 0 Å². The van der Waals surface area contributed by atoms with Crippen LogP contribution < -0.4 is 5.32 Å². The predicted octanol–water partition coefficient (Wildman–Crippen LogP) is 3.79. The van der Waals surface area contributed by atoms with E-state index >= 15 is 0 Å². The molecule has 0 bridgehead atoms. The molecule has 2 unspecified atom stereocenters. The Hall–Kier alpha value is -1.17. The summed E-state index contributed by atoms with van der Waals surface area (Å²) in [5.41, 5.74) is 0.638. The van der Waals surface area contributed by atoms with Crippen molar-refractivity contribution in [3.8, 4) is 0 Å². The van der Waals surface area contributed by atoms with Gasteiger partial charge in [-0.1, -0.05) is 32.9 Å². The van der Waals surface area contributed by atoms with Gasteiger partial charge in [0.1, 0.15) is 5.82 Å². The second kappa shape index (κ2) is 11.6. The number of carbonyl (C=O) groups is 1. The molecule has 1 aromatic rings. The first-order valence-corrected chi connectivity index (χ1v) is 9.78. The number of aliphatic hydroxyl groups excluding tert-OH is 1. The number of halogens is 2. The fraction of sp³-hybridized carbons (Fsp3) is 0.667. The van der Waals surface area contributed by atoms with Crippen molar-refractivity contribution >= 4 is 18.3 Å². The number of carbonyl (C=O) groups excluding carboxylic acids is 1. The van der Waals surface area contributed by atoms with Crippen LogP contribution in [0, 0.1) is 23.6 Å². The summed E-state index contributed by atoms with van der Waals surface area (Å²) in [6.45, 7) is 9.24. The van der Waals surface area contributed by atoms with Gasteiger partial charge in [0, 0.05) is 13.0 Å². The van der Waals surface area contributed by atoms with E-state index in [4.69, 9.17) is 0 Å². The molecular weight excluding hydrogens is 367 g/mol. The first kappa shape index (κ1) is 23.9. The van der Waals surface area contributed by atoms with Crippen LogP contribution in [0.2, 0.25) is 0 Å². The molecule has 1 heterocycles. The predicted molar refractivity (Wildman–Crippen MR) is 109 cm³/mol. The van der Waals surface area contributed by atoms with E-state index in [1.54, 1.807) is 17.0 Å². The van der Waals surface area contributed by atoms with Crippen molar-refractivity contribution in [2.45, 2.75) is 46.1 Å². The van der Waals surface area contributed by atoms with Crippen molar-refractivity contribution in [3.05, 3.63) is 35.6 Å². The zero-order valence-electron chi connectivity index (χ0n) is 16.7. The maximum Gasteiger partial charge on any atom is 0.222 e. The Morgan fingerprint density at radius 3 is 2.33 bits per heavy atom. The van der Waals surface area contributed by atoms with Gasteiger partial charge in [0.25, 0.3) is 0 Å². The third kappa shape index (κ3) is 7.76. The van der Waals surface area contributed by atoms with Gasteiger partial charge in [-0.25, -0.2) is 4.39 Å². The van der Waals surface area contributed by atoms with Crippen LogP contribution in [0.3, 0.4) is 0 Å². The van der Waals surface area contributed by atoms with Crippen LogP contribution in [0.4, 0.5) is 4.39 Å². The lowest BCUT2D eigenvalue weighted by Gasteiger charge is -2.31. The smallest absolute Gasteiger partial charge is 0.222 e. The molecule has 1 fully saturated rings. The molecule has 2 N–H and O–H groups in total. The van der Waals surface area contributed by atoms with Crippen LogP contribution in [0.1, 0.15) is 51.7 Å². The van der Waals surface area contributed by atoms with Crippen LogP contribution in [-0.4, -0.2) is 42.1 Å². The molecule has 0 saturated carbocycles. The number of benzene rings is 1. The van der Waals surface area contributed by atoms with Gasteiger partial charge in [-0.15, -0.1) is 12.4 Å². The Balaban J connectivity index is 0.00000364. The molecule has 1 aromatic carbocycles. The summed E-state index contributed by atoms with van der Waals surface area (Å²) in [4.78, 5) is 14.7. The largest absolute Gasteiger partial charge is 0.387 e. The van der Waals surface area contributed by atoms with Gasteiger partial charge in [-0.3, -0.25) is 4.79 Å². The van der Waals surface area contributed by atoms with E-state index in [9.17, 15) is 14.3 Å². The Morgan fingerprint density at radius 1 is 1.19 bits per heavy atom. The molecule has 6 heteroatoms. The summed E-state index contributed by atoms with van der Waals surface area (Å²) in [5.74, 6) is 1.04. The Kier molecular flexibility index (Phi) is 10.3. The topological polar surface area (TPSA) is 52.6 Å². The number of hydrogen-bond acceptors (Lipinski definition) is 3. The molecule has 154 valence electrons. The summed E-state index contributed by atoms with van der Waals surface area (Å²) in [7, 11) is 0. The van der Waals surface area contributed by atoms with Gasteiger partial charge >= 0.3 is 0 Å². The fourth-order valence-corrected chi connectivity index (χ4v) is 3.70. The highest BCUT2D eigenvalue weighted by molar-refractivity contribution is 5.85. The molecule has 1 aliphatic heterocycles. The van der Waals surface area contributed by atoms with Crippen molar-refractivity contribution in [1.82, 2.24) is 10.2 Å². The van der Waals surface area contributed by atoms with Crippen LogP contribution >= 0.6 is 12.4 Å². The Labute approximate surface area is 168 Å². The van der Waals surface area contributed by atoms with Crippen molar-refractivity contribution in [2.75, 3.05) is 26.2 Å². The average molecular weight is 401 g/mol. The number of rotatable bonds is 8. The number of nitrogens with zero attached hydrogens (tertiary/aromatic N) is 1. The quantitative estimate of drug-likeness (QED) is 0.698. The maximum absolute atomic E-state index is 13.1. The Morgan fingerprint density at radius 2 is 1.78 bits per heavy atom. The van der Waals surface area contributed by atoms with E-state index in [-0.39, 0.29) is 30.7 Å². The number of hydrogen-bond donors (Lipinski definition) is 2. The van der Waals surface area contributed by atoms with Gasteiger partial charge in [0.05, 0.1) is 12.6 Å². The summed E-state index contributed by atoms with van der Waals surface area (Å²) in [6.07, 6.45) is 1.97. The highest BCUT2D eigenvalue weighted by Gasteiger charge is 2.26. The van der Waals surface area contributed by atoms with Crippen LogP contribution in [-0.2, 0) is 4.79 Å². The zero-order valence-corrected chi connectivity index (χ0v) is 17.5. The minimum absolute atomic E-state index is 0. The normalized spacial score (nSPS) is 17.3. The van der Waals surface area contributed by atoms with E-state index < -0.39 is 6.10 Å². The van der Waals surface area contributed by atoms with Gasteiger partial charge in [0.2, 0.25) is 5.91 Å². The lowest BCUT2D eigenvalue weighted by atomic mass is 9.84. The minimum atomic E-state index is -0.799. The van der Waals surface area contributed by atoms with Gasteiger partial charge < -0.3 is 15.3 Å². The highest BCUT2D eigenvalue weighted by Crippen LogP contribution is 2.25. The number of nitrogens with one attached hydrogen (secondary N) is 1. The zero-order chi connectivity index (χ0) is 19.1. The van der Waals surface area contributed by atoms with Crippen molar-refractivity contribution in [1.29, 1.82) is 0 Å². The standard InChI is InChI=1S/C21H33FN2O2.ClH/c1-15(2)13-24(14-20(25)18-4-6-19(22)7-5-18)21(26)12-16(3)17-8-10-23-11-9-17;/h4-7,15-17,20,23,25H,8-14H2,1-3H3;1H. The van der Waals surface area contributed by atoms with E-state index in [1.807, 2.05) is 0 Å². The van der Waals surface area contributed by atoms with E-state index in [2.05, 4.69) is 26.1 Å². The molecular formula is C21H34ClFN2O2. The minimum Gasteiger partial charge on any atom is -0.387 e. The summed E-state index contributed by atoms with van der Waals surface area (Å²) >= 11 is 0. The number of amides is 1. The molecule has 4 nitrogen and oxygen atoms in total. The molecule has 0 spiro atoms. The lowest BCUT2D eigenvalue weighted by Crippen LogP contribution is -2.39. The number of piperidine rings is 1. The Bertz CT molecular complexity index is 562. The molecule has 1 aliphatic rings. The maximum atomic E-state index is 13.1. The highest BCUT2D eigenvalue weighted by atomic mass is 35.5. The molecule has 0 aliphatic carbocycles. The molecule has 2 atom stereocenters. The summed E-state index contributed by atoms with van der Waals surface area (Å²) in [5, 5.41) is 13.9. The van der Waals surface area contributed by atoms with E-state index in [0.717, 1.165) is 25.9 Å². The summed E-state index contributed by atoms with van der Waals surface area (Å²) < 4.78 is 13.1. The SMILES string of the molecule is CC(C)CN(CC(O)c1ccc(F)cc1)C(=O)CC(C)C1CCNCC1.Cl. The number of aliphatic hydroxyl groups is 1. The third-order valence-corrected chi connectivity index (χ3v) is 5.27. The first-order valence-electron chi connectivity index (χ1n) is 9.78. The van der Waals surface area contributed by atoms with Crippen molar-refractivity contribution < 1.29 is 14.3 Å². The van der Waals surface area contributed by atoms with Crippen LogP contribution in [0.15, 0.2) is 24.3 Å². The third-order valence-electron chi connectivity index (χ3n) is 5.27. The van der Waals surface area contributed by atoms with E-state index in [1.165, 1.54) is 12.1 Å². The molecule has 1 amide bonds. The fourth-order valence-electron chi connectivity index (χ4n) is 3.70. The monoisotopic (exact) mass is 400 g/mol. The van der Waals surface area contributed by atoms with Gasteiger partial charge in [0.15, 0.2) is 0 Å². The van der Waals surface area contributed by atoms with Crippen LogP contribution in [0.25, 0.3) is 0 Å². The molecule has 0 radical (unpaired) electrons. The van der Waals surface area contributed by atoms with Gasteiger partial charge in [-0.2, -0.15) is 0 Å². The van der Waals surface area contributed by atoms with Crippen molar-refractivity contribution in [3.63, 3.8) is 0 Å². The van der Waals surface area contributed by atoms with Crippen molar-refractivity contribution in [2.24, 2.45) is 17.8 Å². The lowest BCUT2D eigenvalue weighted by molar-refractivity contribution is -0.134. The average Bonchev–Trinajstić information content (AvgIpc) is 2.62. The van der Waals surface area contributed by atoms with E-state index in [0.29, 0.717) is 36.3 Å². The first-order chi connectivity index (χ1) is 12.4. The summed E-state index contributed by atoms with van der Waals surface area (Å²) in [6, 6.07) is 5.84. The van der Waals surface area contributed by atoms with Gasteiger partial charge in [-0.05, 0) is 61.4 Å². The molecule has 27 heavy (non-hydrogen) atoms. The molecule has 0 aromatic heterocycles.